The molecule has 0 aromatic carbocycles. The number of hydrogen-bond donors (Lipinski definition) is 1. The maximum atomic E-state index is 13.5. The fourth-order valence-corrected chi connectivity index (χ4v) is 4.20. The molecule has 2 amide bonds. The third kappa shape index (κ3) is 2.97. The second kappa shape index (κ2) is 6.73. The Kier molecular flexibility index (Phi) is 4.27. The Morgan fingerprint density at radius 3 is 2.55 bits per heavy atom. The van der Waals surface area contributed by atoms with Gasteiger partial charge in [0.1, 0.15) is 22.7 Å². The zero-order valence-corrected chi connectivity index (χ0v) is 17.2. The van der Waals surface area contributed by atoms with E-state index in [-0.39, 0.29) is 17.7 Å². The maximum Gasteiger partial charge on any atom is 0.271 e. The molecule has 3 heterocycles. The molecule has 5 rings (SSSR count). The number of halogens is 1. The minimum absolute atomic E-state index is 0.0801. The summed E-state index contributed by atoms with van der Waals surface area (Å²) in [6, 6.07) is 2.69. The predicted octanol–water partition coefficient (Wildman–Crippen LogP) is 2.89. The molecule has 0 atom stereocenters. The first-order chi connectivity index (χ1) is 14.0. The quantitative estimate of drug-likeness (QED) is 0.628. The molecule has 8 nitrogen and oxygen atoms in total. The van der Waals surface area contributed by atoms with Gasteiger partial charge in [0.2, 0.25) is 5.91 Å². The number of amides is 2. The van der Waals surface area contributed by atoms with Gasteiger partial charge < -0.3 is 19.4 Å². The number of rotatable bonds is 6. The minimum Gasteiger partial charge on any atom is -0.333 e. The van der Waals surface area contributed by atoms with Crippen LogP contribution in [-0.4, -0.2) is 53.8 Å². The average molecular weight is 415 g/mol. The van der Waals surface area contributed by atoms with Gasteiger partial charge in [-0.25, -0.2) is 9.97 Å². The molecule has 0 bridgehead atoms. The summed E-state index contributed by atoms with van der Waals surface area (Å²) >= 11 is 5.67. The van der Waals surface area contributed by atoms with Crippen LogP contribution in [0, 0.1) is 0 Å². The first-order valence-electron chi connectivity index (χ1n) is 10.1. The van der Waals surface area contributed by atoms with E-state index in [0.29, 0.717) is 41.3 Å². The van der Waals surface area contributed by atoms with Gasteiger partial charge in [-0.1, -0.05) is 0 Å². The number of carbonyl (C=O) groups is 2. The van der Waals surface area contributed by atoms with Crippen LogP contribution in [0.3, 0.4) is 0 Å². The van der Waals surface area contributed by atoms with Crippen molar-refractivity contribution in [2.75, 3.05) is 11.2 Å². The van der Waals surface area contributed by atoms with E-state index < -0.39 is 0 Å². The average Bonchev–Trinajstić information content (AvgIpc) is 3.64. The van der Waals surface area contributed by atoms with E-state index in [9.17, 15) is 9.59 Å². The highest BCUT2D eigenvalue weighted by molar-refractivity contribution is 6.29. The van der Waals surface area contributed by atoms with E-state index >= 15 is 0 Å². The fourth-order valence-electron chi connectivity index (χ4n) is 4.13. The Bertz CT molecular complexity index is 1130. The van der Waals surface area contributed by atoms with Gasteiger partial charge >= 0.3 is 0 Å². The second-order valence-corrected chi connectivity index (χ2v) is 8.15. The monoisotopic (exact) mass is 414 g/mol. The Labute approximate surface area is 172 Å². The lowest BCUT2D eigenvalue weighted by molar-refractivity contribution is -0.113. The summed E-state index contributed by atoms with van der Waals surface area (Å²) in [5.41, 5.74) is 2.75. The standard InChI is InChI=1S/C20H23ClN6O2/c1-3-26-14(20(29)27(11-4-5-11)12-6-7-12)8-13-17-16(22-10-25(17)2)18(24-19(13)26)23-15(28)9-21/h8,10-12H,3-7,9H2,1-2H3,(H,23,24,28). The van der Waals surface area contributed by atoms with Crippen molar-refractivity contribution in [2.45, 2.75) is 51.2 Å². The number of anilines is 1. The maximum absolute atomic E-state index is 13.5. The van der Waals surface area contributed by atoms with E-state index in [1.807, 2.05) is 29.2 Å². The van der Waals surface area contributed by atoms with Crippen LogP contribution in [0.1, 0.15) is 43.1 Å². The number of carbonyl (C=O) groups excluding carboxylic acids is 2. The van der Waals surface area contributed by atoms with E-state index in [1.165, 1.54) is 0 Å². The topological polar surface area (TPSA) is 85.0 Å². The summed E-state index contributed by atoms with van der Waals surface area (Å²) in [6.07, 6.45) is 6.05. The lowest BCUT2D eigenvalue weighted by Crippen LogP contribution is -2.36. The minimum atomic E-state index is -0.343. The lowest BCUT2D eigenvalue weighted by atomic mass is 10.2. The van der Waals surface area contributed by atoms with Gasteiger partial charge in [-0.05, 0) is 38.7 Å². The first kappa shape index (κ1) is 18.4. The number of fused-ring (bicyclic) bond motifs is 3. The molecule has 0 saturated heterocycles. The van der Waals surface area contributed by atoms with E-state index in [4.69, 9.17) is 11.6 Å². The highest BCUT2D eigenvalue weighted by Crippen LogP contribution is 2.39. The first-order valence-corrected chi connectivity index (χ1v) is 10.6. The molecule has 2 aliphatic rings. The van der Waals surface area contributed by atoms with E-state index in [0.717, 1.165) is 36.6 Å². The van der Waals surface area contributed by atoms with Crippen LogP contribution < -0.4 is 5.32 Å². The molecule has 3 aromatic heterocycles. The highest BCUT2D eigenvalue weighted by atomic mass is 35.5. The molecule has 3 aromatic rings. The molecule has 152 valence electrons. The molecular formula is C20H23ClN6O2. The molecule has 2 aliphatic carbocycles. The second-order valence-electron chi connectivity index (χ2n) is 7.88. The normalized spacial score (nSPS) is 16.5. The van der Waals surface area contributed by atoms with Gasteiger partial charge in [-0.2, -0.15) is 0 Å². The fraction of sp³-hybridized carbons (Fsp3) is 0.500. The van der Waals surface area contributed by atoms with E-state index in [2.05, 4.69) is 20.2 Å². The molecule has 0 aliphatic heterocycles. The van der Waals surface area contributed by atoms with Crippen molar-refractivity contribution < 1.29 is 9.59 Å². The predicted molar refractivity (Wildman–Crippen MR) is 111 cm³/mol. The number of nitrogens with zero attached hydrogens (tertiary/aromatic N) is 5. The molecule has 0 spiro atoms. The van der Waals surface area contributed by atoms with Crippen molar-refractivity contribution in [3.8, 4) is 0 Å². The van der Waals surface area contributed by atoms with Crippen LogP contribution in [0.4, 0.5) is 5.82 Å². The largest absolute Gasteiger partial charge is 0.333 e. The van der Waals surface area contributed by atoms with Crippen LogP contribution in [0.25, 0.3) is 22.1 Å². The Morgan fingerprint density at radius 1 is 1.28 bits per heavy atom. The number of aromatic nitrogens is 4. The van der Waals surface area contributed by atoms with Crippen LogP contribution in [0.2, 0.25) is 0 Å². The van der Waals surface area contributed by atoms with Gasteiger partial charge in [0.05, 0.1) is 11.8 Å². The number of nitrogens with one attached hydrogen (secondary N) is 1. The highest BCUT2D eigenvalue weighted by Gasteiger charge is 2.43. The lowest BCUT2D eigenvalue weighted by Gasteiger charge is -2.22. The SMILES string of the molecule is CCn1c(C(=O)N(C2CC2)C2CC2)cc2c3c(ncn3C)c(NC(=O)CCl)nc21. The van der Waals surface area contributed by atoms with E-state index in [1.54, 1.807) is 6.33 Å². The molecule has 9 heteroatoms. The van der Waals surface area contributed by atoms with Crippen LogP contribution in [0.15, 0.2) is 12.4 Å². The van der Waals surface area contributed by atoms with Gasteiger partial charge in [0.15, 0.2) is 5.82 Å². The smallest absolute Gasteiger partial charge is 0.271 e. The summed E-state index contributed by atoms with van der Waals surface area (Å²) in [5, 5.41) is 3.60. The zero-order valence-electron chi connectivity index (χ0n) is 16.5. The molecule has 29 heavy (non-hydrogen) atoms. The molecule has 2 saturated carbocycles. The molecular weight excluding hydrogens is 392 g/mol. The van der Waals surface area contributed by atoms with Crippen molar-refractivity contribution in [3.05, 3.63) is 18.1 Å². The Balaban J connectivity index is 1.70. The van der Waals surface area contributed by atoms with Crippen molar-refractivity contribution in [1.82, 2.24) is 24.0 Å². The summed E-state index contributed by atoms with van der Waals surface area (Å²) in [4.78, 5) is 36.6. The van der Waals surface area contributed by atoms with Crippen molar-refractivity contribution in [3.63, 3.8) is 0 Å². The third-order valence-electron chi connectivity index (χ3n) is 5.73. The molecule has 0 unspecified atom stereocenters. The summed E-state index contributed by atoms with van der Waals surface area (Å²) in [6.45, 7) is 2.61. The molecule has 1 N–H and O–H groups in total. The number of aryl methyl sites for hydroxylation is 2. The third-order valence-corrected chi connectivity index (χ3v) is 5.97. The number of alkyl halides is 1. The molecule has 2 fully saturated rings. The summed E-state index contributed by atoms with van der Waals surface area (Å²) in [7, 11) is 1.90. The van der Waals surface area contributed by atoms with Gasteiger partial charge in [0.25, 0.3) is 5.91 Å². The summed E-state index contributed by atoms with van der Waals surface area (Å²) < 4.78 is 3.84. The number of hydrogen-bond acceptors (Lipinski definition) is 4. The van der Waals surface area contributed by atoms with Gasteiger partial charge in [-0.15, -0.1) is 11.6 Å². The Hall–Kier alpha value is -2.61. The molecule has 0 radical (unpaired) electrons. The van der Waals surface area contributed by atoms with Gasteiger partial charge in [-0.3, -0.25) is 9.59 Å². The van der Waals surface area contributed by atoms with Crippen LogP contribution >= 0.6 is 11.6 Å². The van der Waals surface area contributed by atoms with Crippen molar-refractivity contribution >= 4 is 51.3 Å². The number of pyridine rings is 1. The van der Waals surface area contributed by atoms with Crippen molar-refractivity contribution in [1.29, 1.82) is 0 Å². The van der Waals surface area contributed by atoms with Crippen molar-refractivity contribution in [2.24, 2.45) is 7.05 Å². The zero-order chi connectivity index (χ0) is 20.3. The Morgan fingerprint density at radius 2 is 1.97 bits per heavy atom. The van der Waals surface area contributed by atoms with Gasteiger partial charge in [0, 0.05) is 31.1 Å². The number of imidazole rings is 1. The summed E-state index contributed by atoms with van der Waals surface area (Å²) in [5.74, 6) is -0.0575. The van der Waals surface area contributed by atoms with Crippen LogP contribution in [0.5, 0.6) is 0 Å². The van der Waals surface area contributed by atoms with Crippen LogP contribution in [-0.2, 0) is 18.4 Å².